The summed E-state index contributed by atoms with van der Waals surface area (Å²) in [6, 6.07) is 0.547. The van der Waals surface area contributed by atoms with Gasteiger partial charge in [-0.2, -0.15) is 0 Å². The molecule has 18 heavy (non-hydrogen) atoms. The molecule has 1 aromatic heterocycles. The van der Waals surface area contributed by atoms with E-state index in [0.717, 1.165) is 12.5 Å². The Morgan fingerprint density at radius 2 is 2.11 bits per heavy atom. The van der Waals surface area contributed by atoms with Crippen LogP contribution >= 0.6 is 11.8 Å². The number of nitrogens with zero attached hydrogens (tertiary/aromatic N) is 2. The molecule has 4 unspecified atom stereocenters. The molecule has 0 aromatic carbocycles. The van der Waals surface area contributed by atoms with E-state index in [1.165, 1.54) is 12.8 Å². The summed E-state index contributed by atoms with van der Waals surface area (Å²) in [5, 5.41) is 12.9. The molecule has 1 aliphatic rings. The van der Waals surface area contributed by atoms with Gasteiger partial charge in [0, 0.05) is 18.2 Å². The third-order valence-electron chi connectivity index (χ3n) is 3.60. The molecule has 1 aliphatic carbocycles. The van der Waals surface area contributed by atoms with Crippen LogP contribution in [-0.4, -0.2) is 28.0 Å². The minimum Gasteiger partial charge on any atom is -0.416 e. The van der Waals surface area contributed by atoms with Crippen LogP contribution in [-0.2, 0) is 0 Å². The van der Waals surface area contributed by atoms with Crippen LogP contribution in [0.2, 0.25) is 0 Å². The van der Waals surface area contributed by atoms with Gasteiger partial charge in [-0.05, 0) is 31.2 Å². The van der Waals surface area contributed by atoms with Crippen LogP contribution in [0.4, 0.5) is 0 Å². The minimum atomic E-state index is 0.529. The second kappa shape index (κ2) is 6.06. The fraction of sp³-hybridized carbons (Fsp3) is 0.846. The lowest BCUT2D eigenvalue weighted by molar-refractivity contribution is 0.250. The van der Waals surface area contributed by atoms with E-state index in [2.05, 4.69) is 36.3 Å². The lowest BCUT2D eigenvalue weighted by Gasteiger charge is -2.38. The molecular formula is C13H23N3OS. The van der Waals surface area contributed by atoms with Gasteiger partial charge in [0.15, 0.2) is 0 Å². The van der Waals surface area contributed by atoms with Crippen molar-refractivity contribution in [3.63, 3.8) is 0 Å². The van der Waals surface area contributed by atoms with Gasteiger partial charge in [0.25, 0.3) is 5.22 Å². The van der Waals surface area contributed by atoms with Crippen LogP contribution in [0.15, 0.2) is 9.64 Å². The summed E-state index contributed by atoms with van der Waals surface area (Å²) in [5.74, 6) is 2.12. The predicted octanol–water partition coefficient (Wildman–Crippen LogP) is 2.88. The van der Waals surface area contributed by atoms with Crippen molar-refractivity contribution >= 4 is 11.8 Å². The maximum atomic E-state index is 5.50. The molecule has 0 amide bonds. The Morgan fingerprint density at radius 1 is 1.33 bits per heavy atom. The molecule has 0 spiro atoms. The van der Waals surface area contributed by atoms with Crippen LogP contribution in [0.1, 0.15) is 39.5 Å². The van der Waals surface area contributed by atoms with E-state index in [4.69, 9.17) is 4.42 Å². The third-order valence-corrected chi connectivity index (χ3v) is 5.03. The lowest BCUT2D eigenvalue weighted by atomic mass is 9.80. The first-order valence-corrected chi connectivity index (χ1v) is 7.68. The molecule has 5 heteroatoms. The maximum absolute atomic E-state index is 5.50. The lowest BCUT2D eigenvalue weighted by Crippen LogP contribution is -2.46. The Morgan fingerprint density at radius 3 is 2.72 bits per heavy atom. The van der Waals surface area contributed by atoms with Crippen molar-refractivity contribution in [3.05, 3.63) is 5.89 Å². The Labute approximate surface area is 113 Å². The zero-order chi connectivity index (χ0) is 13.1. The third kappa shape index (κ3) is 3.26. The second-order valence-corrected chi connectivity index (χ2v) is 6.52. The van der Waals surface area contributed by atoms with Crippen molar-refractivity contribution in [1.82, 2.24) is 15.5 Å². The summed E-state index contributed by atoms with van der Waals surface area (Å²) in [6.45, 7) is 9.71. The highest BCUT2D eigenvalue weighted by atomic mass is 32.2. The number of thioether (sulfide) groups is 1. The molecule has 0 radical (unpaired) electrons. The van der Waals surface area contributed by atoms with Gasteiger partial charge in [0.2, 0.25) is 5.89 Å². The van der Waals surface area contributed by atoms with Gasteiger partial charge in [-0.3, -0.25) is 0 Å². The Bertz CT molecular complexity index is 382. The SMILES string of the molecule is CCNC1CC(C)CC(C)C1Sc1nnc(C)o1. The zero-order valence-corrected chi connectivity index (χ0v) is 12.5. The Kier molecular flexibility index (Phi) is 4.67. The highest BCUT2D eigenvalue weighted by molar-refractivity contribution is 7.99. The van der Waals surface area contributed by atoms with Crippen molar-refractivity contribution in [2.24, 2.45) is 11.8 Å². The smallest absolute Gasteiger partial charge is 0.276 e. The quantitative estimate of drug-likeness (QED) is 0.911. The molecule has 1 heterocycles. The predicted molar refractivity (Wildman–Crippen MR) is 73.7 cm³/mol. The average Bonchev–Trinajstić information content (AvgIpc) is 2.69. The molecule has 0 bridgehead atoms. The number of nitrogens with one attached hydrogen (secondary N) is 1. The summed E-state index contributed by atoms with van der Waals surface area (Å²) in [4.78, 5) is 0. The van der Waals surface area contributed by atoms with E-state index < -0.39 is 0 Å². The van der Waals surface area contributed by atoms with Gasteiger partial charge < -0.3 is 9.73 Å². The first-order chi connectivity index (χ1) is 8.60. The van der Waals surface area contributed by atoms with Crippen LogP contribution in [0.25, 0.3) is 0 Å². The highest BCUT2D eigenvalue weighted by Crippen LogP contribution is 2.39. The molecule has 2 rings (SSSR count). The van der Waals surface area contributed by atoms with Crippen molar-refractivity contribution in [3.8, 4) is 0 Å². The molecule has 1 fully saturated rings. The summed E-state index contributed by atoms with van der Waals surface area (Å²) in [5.41, 5.74) is 0. The molecule has 0 saturated heterocycles. The first-order valence-electron chi connectivity index (χ1n) is 6.80. The van der Waals surface area contributed by atoms with E-state index in [1.807, 2.05) is 6.92 Å². The fourth-order valence-electron chi connectivity index (χ4n) is 2.93. The van der Waals surface area contributed by atoms with Crippen molar-refractivity contribution < 1.29 is 4.42 Å². The zero-order valence-electron chi connectivity index (χ0n) is 11.6. The van der Waals surface area contributed by atoms with Gasteiger partial charge in [0.1, 0.15) is 0 Å². The molecule has 102 valence electrons. The first kappa shape index (κ1) is 13.9. The second-order valence-electron chi connectivity index (χ2n) is 5.39. The number of aromatic nitrogens is 2. The van der Waals surface area contributed by atoms with Gasteiger partial charge in [-0.25, -0.2) is 0 Å². The molecule has 1 saturated carbocycles. The summed E-state index contributed by atoms with van der Waals surface area (Å²) >= 11 is 1.74. The van der Waals surface area contributed by atoms with E-state index in [1.54, 1.807) is 11.8 Å². The number of rotatable bonds is 4. The number of hydrogen-bond donors (Lipinski definition) is 1. The van der Waals surface area contributed by atoms with Gasteiger partial charge in [0.05, 0.1) is 0 Å². The van der Waals surface area contributed by atoms with Crippen molar-refractivity contribution in [1.29, 1.82) is 0 Å². The molecule has 1 aromatic rings. The van der Waals surface area contributed by atoms with E-state index in [0.29, 0.717) is 28.3 Å². The summed E-state index contributed by atoms with van der Waals surface area (Å²) in [7, 11) is 0. The van der Waals surface area contributed by atoms with Gasteiger partial charge in [-0.1, -0.05) is 32.5 Å². The van der Waals surface area contributed by atoms with Gasteiger partial charge in [-0.15, -0.1) is 10.2 Å². The largest absolute Gasteiger partial charge is 0.416 e. The van der Waals surface area contributed by atoms with E-state index in [9.17, 15) is 0 Å². The van der Waals surface area contributed by atoms with E-state index >= 15 is 0 Å². The van der Waals surface area contributed by atoms with Crippen LogP contribution in [0, 0.1) is 18.8 Å². The molecule has 0 aliphatic heterocycles. The monoisotopic (exact) mass is 269 g/mol. The molecule has 1 N–H and O–H groups in total. The van der Waals surface area contributed by atoms with E-state index in [-0.39, 0.29) is 0 Å². The molecule has 4 atom stereocenters. The topological polar surface area (TPSA) is 51.0 Å². The van der Waals surface area contributed by atoms with Crippen molar-refractivity contribution in [2.45, 2.75) is 57.1 Å². The van der Waals surface area contributed by atoms with Crippen LogP contribution < -0.4 is 5.32 Å². The number of hydrogen-bond acceptors (Lipinski definition) is 5. The molecular weight excluding hydrogens is 246 g/mol. The highest BCUT2D eigenvalue weighted by Gasteiger charge is 2.35. The summed E-state index contributed by atoms with van der Waals surface area (Å²) < 4.78 is 5.50. The van der Waals surface area contributed by atoms with Gasteiger partial charge >= 0.3 is 0 Å². The Hall–Kier alpha value is -0.550. The summed E-state index contributed by atoms with van der Waals surface area (Å²) in [6.07, 6.45) is 2.52. The fourth-order valence-corrected chi connectivity index (χ4v) is 4.14. The normalized spacial score (nSPS) is 32.7. The standard InChI is InChI=1S/C13H23N3OS/c1-5-14-11-7-8(2)6-9(3)12(11)18-13-16-15-10(4)17-13/h8-9,11-12,14H,5-7H2,1-4H3. The minimum absolute atomic E-state index is 0.529. The van der Waals surface area contributed by atoms with Crippen LogP contribution in [0.5, 0.6) is 0 Å². The number of aryl methyl sites for hydroxylation is 1. The average molecular weight is 269 g/mol. The van der Waals surface area contributed by atoms with Crippen LogP contribution in [0.3, 0.4) is 0 Å². The molecule has 4 nitrogen and oxygen atoms in total. The Balaban J connectivity index is 2.06. The van der Waals surface area contributed by atoms with Crippen molar-refractivity contribution in [2.75, 3.05) is 6.54 Å². The maximum Gasteiger partial charge on any atom is 0.276 e.